The smallest absolute Gasteiger partial charge is 0.225 e. The Labute approximate surface area is 94.3 Å². The van der Waals surface area contributed by atoms with E-state index in [4.69, 9.17) is 10.2 Å². The summed E-state index contributed by atoms with van der Waals surface area (Å²) < 4.78 is 5.24. The molecule has 3 nitrogen and oxygen atoms in total. The fourth-order valence-electron chi connectivity index (χ4n) is 1.88. The highest BCUT2D eigenvalue weighted by molar-refractivity contribution is 5.53. The monoisotopic (exact) mass is 214 g/mol. The van der Waals surface area contributed by atoms with Crippen molar-refractivity contribution in [3.05, 3.63) is 42.3 Å². The lowest BCUT2D eigenvalue weighted by Crippen LogP contribution is -2.24. The number of nitrogens with zero attached hydrogens (tertiary/aromatic N) is 1. The average Bonchev–Trinajstić information content (AvgIpc) is 2.83. The van der Waals surface area contributed by atoms with Gasteiger partial charge >= 0.3 is 0 Å². The largest absolute Gasteiger partial charge is 0.445 e. The predicted molar refractivity (Wildman–Crippen MR) is 61.8 cm³/mol. The molecule has 1 fully saturated rings. The molecule has 0 radical (unpaired) electrons. The minimum atomic E-state index is 0.0739. The van der Waals surface area contributed by atoms with Crippen LogP contribution < -0.4 is 5.73 Å². The molecule has 0 unspecified atom stereocenters. The van der Waals surface area contributed by atoms with Gasteiger partial charge in [-0.3, -0.25) is 0 Å². The van der Waals surface area contributed by atoms with E-state index < -0.39 is 0 Å². The Morgan fingerprint density at radius 3 is 2.56 bits per heavy atom. The fourth-order valence-corrected chi connectivity index (χ4v) is 1.88. The number of aromatic nitrogens is 1. The molecule has 1 aliphatic rings. The van der Waals surface area contributed by atoms with Gasteiger partial charge in [0, 0.05) is 11.1 Å². The standard InChI is InChI=1S/C13H14N2O/c14-13(5-6-13)9-10-1-3-11(4-2-10)12-15-7-8-16-12/h1-4,7-8H,5-6,9,14H2. The lowest BCUT2D eigenvalue weighted by Gasteiger charge is -2.08. The summed E-state index contributed by atoms with van der Waals surface area (Å²) in [5, 5.41) is 0. The Morgan fingerprint density at radius 1 is 1.25 bits per heavy atom. The molecule has 1 saturated carbocycles. The lowest BCUT2D eigenvalue weighted by atomic mass is 10.0. The van der Waals surface area contributed by atoms with Crippen molar-refractivity contribution in [2.75, 3.05) is 0 Å². The molecule has 0 spiro atoms. The Morgan fingerprint density at radius 2 is 2.00 bits per heavy atom. The quantitative estimate of drug-likeness (QED) is 0.853. The second-order valence-electron chi connectivity index (χ2n) is 4.57. The minimum Gasteiger partial charge on any atom is -0.445 e. The Hall–Kier alpha value is -1.61. The van der Waals surface area contributed by atoms with Gasteiger partial charge in [-0.05, 0) is 37.0 Å². The maximum absolute atomic E-state index is 6.08. The summed E-state index contributed by atoms with van der Waals surface area (Å²) in [7, 11) is 0. The maximum atomic E-state index is 6.08. The number of benzene rings is 1. The van der Waals surface area contributed by atoms with Gasteiger partial charge in [-0.25, -0.2) is 4.98 Å². The van der Waals surface area contributed by atoms with E-state index >= 15 is 0 Å². The molecule has 3 rings (SSSR count). The molecule has 0 saturated heterocycles. The molecule has 1 heterocycles. The highest BCUT2D eigenvalue weighted by Gasteiger charge is 2.37. The van der Waals surface area contributed by atoms with E-state index in [0.29, 0.717) is 5.89 Å². The summed E-state index contributed by atoms with van der Waals surface area (Å²) in [5.41, 5.74) is 8.45. The lowest BCUT2D eigenvalue weighted by molar-refractivity contribution is 0.574. The van der Waals surface area contributed by atoms with Crippen LogP contribution in [-0.2, 0) is 6.42 Å². The number of hydrogen-bond donors (Lipinski definition) is 1. The topological polar surface area (TPSA) is 52.0 Å². The van der Waals surface area contributed by atoms with Crippen molar-refractivity contribution in [3.63, 3.8) is 0 Å². The van der Waals surface area contributed by atoms with Crippen LogP contribution in [0.15, 0.2) is 41.1 Å². The molecular formula is C13H14N2O. The molecule has 82 valence electrons. The first-order chi connectivity index (χ1) is 7.75. The SMILES string of the molecule is NC1(Cc2ccc(-c3ncco3)cc2)CC1. The van der Waals surface area contributed by atoms with Crippen molar-refractivity contribution in [1.82, 2.24) is 4.98 Å². The van der Waals surface area contributed by atoms with E-state index in [1.54, 1.807) is 12.5 Å². The maximum Gasteiger partial charge on any atom is 0.225 e. The van der Waals surface area contributed by atoms with Crippen LogP contribution in [-0.4, -0.2) is 10.5 Å². The van der Waals surface area contributed by atoms with Crippen LogP contribution in [0.2, 0.25) is 0 Å². The van der Waals surface area contributed by atoms with E-state index in [0.717, 1.165) is 24.8 Å². The van der Waals surface area contributed by atoms with Crippen LogP contribution in [0.1, 0.15) is 18.4 Å². The third-order valence-electron chi connectivity index (χ3n) is 3.08. The molecule has 0 bridgehead atoms. The van der Waals surface area contributed by atoms with Gasteiger partial charge in [-0.2, -0.15) is 0 Å². The molecule has 0 atom stereocenters. The van der Waals surface area contributed by atoms with Crippen LogP contribution in [0.4, 0.5) is 0 Å². The Bertz CT molecular complexity index is 469. The molecule has 3 heteroatoms. The second-order valence-corrected chi connectivity index (χ2v) is 4.57. The first kappa shape index (κ1) is 9.60. The van der Waals surface area contributed by atoms with Gasteiger partial charge < -0.3 is 10.2 Å². The van der Waals surface area contributed by atoms with E-state index in [1.165, 1.54) is 5.56 Å². The van der Waals surface area contributed by atoms with Crippen LogP contribution in [0.25, 0.3) is 11.5 Å². The number of oxazole rings is 1. The number of rotatable bonds is 3. The zero-order chi connectivity index (χ0) is 11.0. The molecule has 2 N–H and O–H groups in total. The summed E-state index contributed by atoms with van der Waals surface area (Å²) in [4.78, 5) is 4.11. The summed E-state index contributed by atoms with van der Waals surface area (Å²) in [5.74, 6) is 0.667. The summed E-state index contributed by atoms with van der Waals surface area (Å²) in [6.07, 6.45) is 6.51. The second kappa shape index (κ2) is 3.46. The van der Waals surface area contributed by atoms with Crippen molar-refractivity contribution in [1.29, 1.82) is 0 Å². The van der Waals surface area contributed by atoms with Gasteiger partial charge in [0.25, 0.3) is 0 Å². The van der Waals surface area contributed by atoms with Gasteiger partial charge in [-0.1, -0.05) is 12.1 Å². The molecular weight excluding hydrogens is 200 g/mol. The minimum absolute atomic E-state index is 0.0739. The van der Waals surface area contributed by atoms with E-state index in [9.17, 15) is 0 Å². The normalized spacial score (nSPS) is 17.3. The van der Waals surface area contributed by atoms with Crippen molar-refractivity contribution < 1.29 is 4.42 Å². The first-order valence-electron chi connectivity index (χ1n) is 5.53. The third kappa shape index (κ3) is 1.86. The molecule has 16 heavy (non-hydrogen) atoms. The highest BCUT2D eigenvalue weighted by atomic mass is 16.3. The molecule has 0 aliphatic heterocycles. The predicted octanol–water partition coefficient (Wildman–Crippen LogP) is 2.38. The van der Waals surface area contributed by atoms with Crippen LogP contribution in [0, 0.1) is 0 Å². The van der Waals surface area contributed by atoms with Gasteiger partial charge in [0.1, 0.15) is 6.26 Å². The van der Waals surface area contributed by atoms with Gasteiger partial charge in [-0.15, -0.1) is 0 Å². The van der Waals surface area contributed by atoms with Crippen molar-refractivity contribution >= 4 is 0 Å². The van der Waals surface area contributed by atoms with Crippen LogP contribution >= 0.6 is 0 Å². The zero-order valence-corrected chi connectivity index (χ0v) is 9.02. The Balaban J connectivity index is 1.80. The van der Waals surface area contributed by atoms with Gasteiger partial charge in [0.2, 0.25) is 5.89 Å². The van der Waals surface area contributed by atoms with Crippen molar-refractivity contribution in [3.8, 4) is 11.5 Å². The van der Waals surface area contributed by atoms with Gasteiger partial charge in [0.15, 0.2) is 0 Å². The molecule has 1 aromatic carbocycles. The first-order valence-corrected chi connectivity index (χ1v) is 5.53. The zero-order valence-electron chi connectivity index (χ0n) is 9.02. The Kier molecular flexibility index (Phi) is 2.07. The number of hydrogen-bond acceptors (Lipinski definition) is 3. The highest BCUT2D eigenvalue weighted by Crippen LogP contribution is 2.35. The van der Waals surface area contributed by atoms with E-state index in [2.05, 4.69) is 17.1 Å². The average molecular weight is 214 g/mol. The van der Waals surface area contributed by atoms with Gasteiger partial charge in [0.05, 0.1) is 6.20 Å². The van der Waals surface area contributed by atoms with Crippen LogP contribution in [0.5, 0.6) is 0 Å². The van der Waals surface area contributed by atoms with Crippen molar-refractivity contribution in [2.24, 2.45) is 5.73 Å². The third-order valence-corrected chi connectivity index (χ3v) is 3.08. The van der Waals surface area contributed by atoms with Crippen LogP contribution in [0.3, 0.4) is 0 Å². The van der Waals surface area contributed by atoms with E-state index in [-0.39, 0.29) is 5.54 Å². The molecule has 1 aromatic heterocycles. The van der Waals surface area contributed by atoms with E-state index in [1.807, 2.05) is 12.1 Å². The van der Waals surface area contributed by atoms with Crippen molar-refractivity contribution in [2.45, 2.75) is 24.8 Å². The molecule has 2 aromatic rings. The summed E-state index contributed by atoms with van der Waals surface area (Å²) >= 11 is 0. The summed E-state index contributed by atoms with van der Waals surface area (Å²) in [6, 6.07) is 8.28. The summed E-state index contributed by atoms with van der Waals surface area (Å²) in [6.45, 7) is 0. The molecule has 0 amide bonds. The fraction of sp³-hybridized carbons (Fsp3) is 0.308. The number of nitrogens with two attached hydrogens (primary N) is 1. The molecule has 1 aliphatic carbocycles.